The van der Waals surface area contributed by atoms with Gasteiger partial charge in [-0.25, -0.2) is 0 Å². The number of ketones is 1. The smallest absolute Gasteiger partial charge is 0.295 e. The molecule has 0 radical (unpaired) electrons. The number of nitrogens with zero attached hydrogens (tertiary/aromatic N) is 1. The normalized spacial score (nSPS) is 17.5. The first-order chi connectivity index (χ1) is 16.2. The minimum absolute atomic E-state index is 0.0765. The molecule has 34 heavy (non-hydrogen) atoms. The van der Waals surface area contributed by atoms with Gasteiger partial charge in [-0.15, -0.1) is 0 Å². The van der Waals surface area contributed by atoms with Gasteiger partial charge < -0.3 is 24.2 Å². The molecule has 1 atom stereocenters. The Balaban J connectivity index is 2.10. The van der Waals surface area contributed by atoms with Crippen LogP contribution in [0.15, 0.2) is 42.0 Å². The number of Topliss-reactive ketones (excluding diaryl/α,β-unsaturated/α-hetero) is 1. The van der Waals surface area contributed by atoms with Crippen molar-refractivity contribution in [2.45, 2.75) is 46.3 Å². The van der Waals surface area contributed by atoms with E-state index >= 15 is 0 Å². The zero-order valence-corrected chi connectivity index (χ0v) is 20.7. The summed E-state index contributed by atoms with van der Waals surface area (Å²) in [5.41, 5.74) is 2.85. The van der Waals surface area contributed by atoms with E-state index in [1.165, 1.54) is 4.90 Å². The van der Waals surface area contributed by atoms with Crippen LogP contribution >= 0.6 is 0 Å². The van der Waals surface area contributed by atoms with E-state index in [1.54, 1.807) is 32.4 Å². The average molecular weight is 468 g/mol. The predicted molar refractivity (Wildman–Crippen MR) is 130 cm³/mol. The first-order valence-corrected chi connectivity index (χ1v) is 11.4. The van der Waals surface area contributed by atoms with Gasteiger partial charge in [-0.2, -0.15) is 0 Å². The van der Waals surface area contributed by atoms with Crippen LogP contribution in [-0.2, 0) is 14.3 Å². The number of aryl methyl sites for hydroxylation is 2. The summed E-state index contributed by atoms with van der Waals surface area (Å²) >= 11 is 0. The molecule has 1 fully saturated rings. The number of aliphatic hydroxyl groups is 1. The molecule has 0 aromatic heterocycles. The van der Waals surface area contributed by atoms with E-state index in [2.05, 4.69) is 0 Å². The second-order valence-electron chi connectivity index (χ2n) is 8.68. The molecule has 3 rings (SSSR count). The summed E-state index contributed by atoms with van der Waals surface area (Å²) in [5.74, 6) is -0.173. The number of likely N-dealkylation sites (tertiary alicyclic amines) is 1. The van der Waals surface area contributed by atoms with E-state index in [0.29, 0.717) is 42.2 Å². The van der Waals surface area contributed by atoms with Crippen molar-refractivity contribution in [1.82, 2.24) is 4.90 Å². The molecule has 1 aliphatic rings. The maximum Gasteiger partial charge on any atom is 0.295 e. The van der Waals surface area contributed by atoms with Crippen molar-refractivity contribution in [3.05, 3.63) is 64.2 Å². The van der Waals surface area contributed by atoms with Crippen molar-refractivity contribution in [3.63, 3.8) is 0 Å². The third-order valence-electron chi connectivity index (χ3n) is 5.96. The summed E-state index contributed by atoms with van der Waals surface area (Å²) in [6, 6.07) is 10.1. The molecule has 0 spiro atoms. The fraction of sp³-hybridized carbons (Fsp3) is 0.407. The minimum atomic E-state index is -0.716. The lowest BCUT2D eigenvalue weighted by Gasteiger charge is -2.26. The highest BCUT2D eigenvalue weighted by atomic mass is 16.5. The van der Waals surface area contributed by atoms with E-state index in [9.17, 15) is 14.7 Å². The lowest BCUT2D eigenvalue weighted by atomic mass is 9.93. The third kappa shape index (κ3) is 5.09. The second-order valence-corrected chi connectivity index (χ2v) is 8.68. The fourth-order valence-corrected chi connectivity index (χ4v) is 4.21. The molecule has 1 aliphatic heterocycles. The number of amides is 1. The fourth-order valence-electron chi connectivity index (χ4n) is 4.21. The van der Waals surface area contributed by atoms with E-state index in [-0.39, 0.29) is 17.4 Å². The molecule has 182 valence electrons. The largest absolute Gasteiger partial charge is 0.507 e. The monoisotopic (exact) mass is 467 g/mol. The van der Waals surface area contributed by atoms with Crippen molar-refractivity contribution < 1.29 is 28.9 Å². The van der Waals surface area contributed by atoms with Crippen molar-refractivity contribution in [2.24, 2.45) is 0 Å². The van der Waals surface area contributed by atoms with Crippen LogP contribution in [-0.4, -0.2) is 55.2 Å². The summed E-state index contributed by atoms with van der Waals surface area (Å²) in [6.07, 6.45) is 0.646. The maximum absolute atomic E-state index is 13.2. The van der Waals surface area contributed by atoms with Crippen LogP contribution < -0.4 is 9.47 Å². The number of hydrogen-bond acceptors (Lipinski definition) is 6. The van der Waals surface area contributed by atoms with Gasteiger partial charge in [-0.3, -0.25) is 9.59 Å². The highest BCUT2D eigenvalue weighted by Gasteiger charge is 2.46. The molecule has 2 aromatic rings. The van der Waals surface area contributed by atoms with Crippen LogP contribution in [0.5, 0.6) is 11.5 Å². The maximum atomic E-state index is 13.2. The Morgan fingerprint density at radius 2 is 1.71 bits per heavy atom. The van der Waals surface area contributed by atoms with Gasteiger partial charge in [0.1, 0.15) is 17.3 Å². The standard InChI is InChI=1S/C27H33NO6/c1-16(2)34-13-7-12-28-24(19-8-10-20(32-5)11-9-19)23(26(30)27(28)31)25(29)21-14-18(4)22(33-6)15-17(21)3/h8-11,14-16,24,29H,7,12-13H2,1-6H3/b25-23+. The summed E-state index contributed by atoms with van der Waals surface area (Å²) in [6.45, 7) is 8.38. The van der Waals surface area contributed by atoms with Crippen LogP contribution in [0.2, 0.25) is 0 Å². The quantitative estimate of drug-likeness (QED) is 0.252. The molecule has 0 bridgehead atoms. The topological polar surface area (TPSA) is 85.3 Å². The van der Waals surface area contributed by atoms with Crippen LogP contribution in [0.3, 0.4) is 0 Å². The van der Waals surface area contributed by atoms with Gasteiger partial charge in [0.05, 0.1) is 31.9 Å². The van der Waals surface area contributed by atoms with Crippen molar-refractivity contribution >= 4 is 17.4 Å². The number of methoxy groups -OCH3 is 2. The molecule has 7 heteroatoms. The predicted octanol–water partition coefficient (Wildman–Crippen LogP) is 4.56. The van der Waals surface area contributed by atoms with Crippen molar-refractivity contribution in [1.29, 1.82) is 0 Å². The van der Waals surface area contributed by atoms with Gasteiger partial charge in [0.15, 0.2) is 0 Å². The number of hydrogen-bond donors (Lipinski definition) is 1. The third-order valence-corrected chi connectivity index (χ3v) is 5.96. The van der Waals surface area contributed by atoms with Gasteiger partial charge in [-0.05, 0) is 75.1 Å². The van der Waals surface area contributed by atoms with E-state index in [4.69, 9.17) is 14.2 Å². The Morgan fingerprint density at radius 1 is 1.03 bits per heavy atom. The molecule has 1 unspecified atom stereocenters. The summed E-state index contributed by atoms with van der Waals surface area (Å²) in [4.78, 5) is 27.8. The van der Waals surface area contributed by atoms with E-state index in [0.717, 1.165) is 11.1 Å². The molecule has 1 heterocycles. The van der Waals surface area contributed by atoms with Crippen LogP contribution in [0.4, 0.5) is 0 Å². The highest BCUT2D eigenvalue weighted by molar-refractivity contribution is 6.46. The minimum Gasteiger partial charge on any atom is -0.507 e. The molecule has 0 aliphatic carbocycles. The molecule has 0 saturated carbocycles. The lowest BCUT2D eigenvalue weighted by Crippen LogP contribution is -2.31. The Hall–Kier alpha value is -3.32. The molecule has 2 aromatic carbocycles. The Bertz CT molecular complexity index is 1090. The number of benzene rings is 2. The van der Waals surface area contributed by atoms with Gasteiger partial charge in [0.25, 0.3) is 11.7 Å². The summed E-state index contributed by atoms with van der Waals surface area (Å²) in [7, 11) is 3.16. The van der Waals surface area contributed by atoms with E-state index < -0.39 is 17.7 Å². The Kier molecular flexibility index (Phi) is 7.99. The van der Waals surface area contributed by atoms with Gasteiger partial charge in [0.2, 0.25) is 0 Å². The number of rotatable bonds is 9. The number of carbonyl (C=O) groups is 2. The number of carbonyl (C=O) groups excluding carboxylic acids is 2. The Labute approximate surface area is 200 Å². The van der Waals surface area contributed by atoms with Crippen molar-refractivity contribution in [3.8, 4) is 11.5 Å². The van der Waals surface area contributed by atoms with Gasteiger partial charge >= 0.3 is 0 Å². The molecule has 1 N–H and O–H groups in total. The molecule has 1 amide bonds. The van der Waals surface area contributed by atoms with Crippen LogP contribution in [0.1, 0.15) is 48.6 Å². The van der Waals surface area contributed by atoms with Crippen LogP contribution in [0.25, 0.3) is 5.76 Å². The first kappa shape index (κ1) is 25.3. The second kappa shape index (κ2) is 10.7. The zero-order valence-electron chi connectivity index (χ0n) is 20.7. The van der Waals surface area contributed by atoms with Gasteiger partial charge in [-0.1, -0.05) is 12.1 Å². The number of aliphatic hydroxyl groups excluding tert-OH is 1. The first-order valence-electron chi connectivity index (χ1n) is 11.4. The average Bonchev–Trinajstić information content (AvgIpc) is 3.07. The molecule has 7 nitrogen and oxygen atoms in total. The summed E-state index contributed by atoms with van der Waals surface area (Å²) < 4.78 is 16.3. The van der Waals surface area contributed by atoms with Crippen molar-refractivity contribution in [2.75, 3.05) is 27.4 Å². The van der Waals surface area contributed by atoms with Crippen LogP contribution in [0, 0.1) is 13.8 Å². The SMILES string of the molecule is COc1ccc(C2/C(=C(\O)c3cc(C)c(OC)cc3C)C(=O)C(=O)N2CCCOC(C)C)cc1. The molecular weight excluding hydrogens is 434 g/mol. The van der Waals surface area contributed by atoms with Gasteiger partial charge in [0, 0.05) is 18.7 Å². The summed E-state index contributed by atoms with van der Waals surface area (Å²) in [5, 5.41) is 11.4. The number of ether oxygens (including phenoxy) is 3. The highest BCUT2D eigenvalue weighted by Crippen LogP contribution is 2.41. The Morgan fingerprint density at radius 3 is 2.29 bits per heavy atom. The zero-order chi connectivity index (χ0) is 25.0. The lowest BCUT2D eigenvalue weighted by molar-refractivity contribution is -0.140. The molecule has 1 saturated heterocycles. The molecular formula is C27H33NO6. The van der Waals surface area contributed by atoms with E-state index in [1.807, 2.05) is 45.9 Å².